The lowest BCUT2D eigenvalue weighted by atomic mass is 10.1. The number of aromatic nitrogens is 2. The van der Waals surface area contributed by atoms with E-state index in [0.29, 0.717) is 18.2 Å². The zero-order valence-electron chi connectivity index (χ0n) is 14.7. The van der Waals surface area contributed by atoms with E-state index in [1.54, 1.807) is 7.11 Å². The molecule has 6 heteroatoms. The zero-order chi connectivity index (χ0) is 17.4. The van der Waals surface area contributed by atoms with Gasteiger partial charge in [0.15, 0.2) is 0 Å². The summed E-state index contributed by atoms with van der Waals surface area (Å²) in [6, 6.07) is 10.1. The molecule has 1 aliphatic heterocycles. The second kappa shape index (κ2) is 6.43. The fourth-order valence-electron chi connectivity index (χ4n) is 3.57. The number of aromatic amines is 1. The van der Waals surface area contributed by atoms with Gasteiger partial charge in [0.1, 0.15) is 11.4 Å². The van der Waals surface area contributed by atoms with E-state index in [2.05, 4.69) is 28.1 Å². The van der Waals surface area contributed by atoms with Crippen molar-refractivity contribution in [3.05, 3.63) is 41.7 Å². The minimum Gasteiger partial charge on any atom is -0.495 e. The number of carbonyl (C=O) groups is 1. The first kappa shape index (κ1) is 16.0. The third kappa shape index (κ3) is 3.08. The van der Waals surface area contributed by atoms with Crippen molar-refractivity contribution in [2.24, 2.45) is 0 Å². The van der Waals surface area contributed by atoms with E-state index >= 15 is 0 Å². The SMILES string of the molecule is COc1ccccc1N1CCN(C(=O)c2cc(C3CC3)[nH]n2)C(C)C1. The van der Waals surface area contributed by atoms with Crippen molar-refractivity contribution >= 4 is 11.6 Å². The summed E-state index contributed by atoms with van der Waals surface area (Å²) in [6.07, 6.45) is 2.40. The van der Waals surface area contributed by atoms with Gasteiger partial charge in [-0.1, -0.05) is 12.1 Å². The highest BCUT2D eigenvalue weighted by Crippen LogP contribution is 2.39. The molecule has 1 saturated heterocycles. The van der Waals surface area contributed by atoms with Crippen molar-refractivity contribution in [3.63, 3.8) is 0 Å². The predicted octanol–water partition coefficient (Wildman–Crippen LogP) is 2.65. The van der Waals surface area contributed by atoms with E-state index in [4.69, 9.17) is 4.74 Å². The average Bonchev–Trinajstić information content (AvgIpc) is 3.38. The van der Waals surface area contributed by atoms with Crippen LogP contribution in [-0.4, -0.2) is 53.8 Å². The number of piperazine rings is 1. The number of hydrogen-bond donors (Lipinski definition) is 1. The molecule has 1 amide bonds. The lowest BCUT2D eigenvalue weighted by Crippen LogP contribution is -2.54. The molecule has 1 aliphatic carbocycles. The van der Waals surface area contributed by atoms with Crippen molar-refractivity contribution in [1.82, 2.24) is 15.1 Å². The molecule has 0 bridgehead atoms. The average molecular weight is 340 g/mol. The maximum Gasteiger partial charge on any atom is 0.274 e. The zero-order valence-corrected chi connectivity index (χ0v) is 14.7. The molecular formula is C19H24N4O2. The number of benzene rings is 1. The normalized spacial score (nSPS) is 20.6. The molecular weight excluding hydrogens is 316 g/mol. The van der Waals surface area contributed by atoms with Crippen LogP contribution in [0.15, 0.2) is 30.3 Å². The predicted molar refractivity (Wildman–Crippen MR) is 96.3 cm³/mol. The van der Waals surface area contributed by atoms with E-state index in [1.807, 2.05) is 29.2 Å². The van der Waals surface area contributed by atoms with Crippen molar-refractivity contribution in [2.45, 2.75) is 31.7 Å². The molecule has 1 N–H and O–H groups in total. The Bertz CT molecular complexity index is 768. The molecule has 0 radical (unpaired) electrons. The number of nitrogens with one attached hydrogen (secondary N) is 1. The lowest BCUT2D eigenvalue weighted by molar-refractivity contribution is 0.0668. The molecule has 1 saturated carbocycles. The fraction of sp³-hybridized carbons (Fsp3) is 0.474. The quantitative estimate of drug-likeness (QED) is 0.929. The van der Waals surface area contributed by atoms with Crippen LogP contribution in [0.3, 0.4) is 0 Å². The van der Waals surface area contributed by atoms with Crippen LogP contribution < -0.4 is 9.64 Å². The van der Waals surface area contributed by atoms with Crippen LogP contribution in [0.1, 0.15) is 41.9 Å². The Morgan fingerprint density at radius 3 is 2.80 bits per heavy atom. The molecule has 1 atom stereocenters. The maximum atomic E-state index is 12.8. The van der Waals surface area contributed by atoms with Crippen LogP contribution in [0.4, 0.5) is 5.69 Å². The molecule has 4 rings (SSSR count). The van der Waals surface area contributed by atoms with Crippen LogP contribution in [-0.2, 0) is 0 Å². The summed E-state index contributed by atoms with van der Waals surface area (Å²) in [6.45, 7) is 4.35. The van der Waals surface area contributed by atoms with Crippen LogP contribution in [0, 0.1) is 0 Å². The summed E-state index contributed by atoms with van der Waals surface area (Å²) in [5, 5.41) is 7.27. The number of para-hydroxylation sites is 2. The number of amides is 1. The maximum absolute atomic E-state index is 12.8. The van der Waals surface area contributed by atoms with Gasteiger partial charge in [-0.25, -0.2) is 0 Å². The highest BCUT2D eigenvalue weighted by Gasteiger charge is 2.32. The Kier molecular flexibility index (Phi) is 4.11. The van der Waals surface area contributed by atoms with Crippen molar-refractivity contribution in [1.29, 1.82) is 0 Å². The third-order valence-electron chi connectivity index (χ3n) is 5.15. The van der Waals surface area contributed by atoms with Crippen molar-refractivity contribution in [2.75, 3.05) is 31.6 Å². The van der Waals surface area contributed by atoms with Gasteiger partial charge in [0.25, 0.3) is 5.91 Å². The summed E-state index contributed by atoms with van der Waals surface area (Å²) in [5.41, 5.74) is 2.72. The molecule has 0 spiro atoms. The van der Waals surface area contributed by atoms with Gasteiger partial charge in [-0.2, -0.15) is 5.10 Å². The van der Waals surface area contributed by atoms with Crippen molar-refractivity contribution in [3.8, 4) is 5.75 Å². The van der Waals surface area contributed by atoms with Gasteiger partial charge in [0, 0.05) is 37.3 Å². The Labute approximate surface area is 147 Å². The highest BCUT2D eigenvalue weighted by atomic mass is 16.5. The summed E-state index contributed by atoms with van der Waals surface area (Å²) in [5.74, 6) is 1.47. The molecule has 1 unspecified atom stereocenters. The van der Waals surface area contributed by atoms with Crippen LogP contribution in [0.2, 0.25) is 0 Å². The van der Waals surface area contributed by atoms with Gasteiger partial charge >= 0.3 is 0 Å². The number of methoxy groups -OCH3 is 1. The first-order valence-corrected chi connectivity index (χ1v) is 8.91. The van der Waals surface area contributed by atoms with E-state index in [0.717, 1.165) is 30.2 Å². The number of hydrogen-bond acceptors (Lipinski definition) is 4. The minimum atomic E-state index is 0.0235. The van der Waals surface area contributed by atoms with Crippen molar-refractivity contribution < 1.29 is 9.53 Å². The summed E-state index contributed by atoms with van der Waals surface area (Å²) in [4.78, 5) is 17.0. The van der Waals surface area contributed by atoms with E-state index in [9.17, 15) is 4.79 Å². The number of carbonyl (C=O) groups excluding carboxylic acids is 1. The largest absolute Gasteiger partial charge is 0.495 e. The van der Waals surface area contributed by atoms with Gasteiger partial charge < -0.3 is 14.5 Å². The summed E-state index contributed by atoms with van der Waals surface area (Å²) >= 11 is 0. The number of nitrogens with zero attached hydrogens (tertiary/aromatic N) is 3. The number of rotatable bonds is 4. The molecule has 25 heavy (non-hydrogen) atoms. The third-order valence-corrected chi connectivity index (χ3v) is 5.15. The van der Waals surface area contributed by atoms with Gasteiger partial charge in [0.2, 0.25) is 0 Å². The Hall–Kier alpha value is -2.50. The lowest BCUT2D eigenvalue weighted by Gasteiger charge is -2.41. The molecule has 1 aromatic carbocycles. The second-order valence-corrected chi connectivity index (χ2v) is 6.95. The Balaban J connectivity index is 1.46. The summed E-state index contributed by atoms with van der Waals surface area (Å²) in [7, 11) is 1.69. The molecule has 6 nitrogen and oxygen atoms in total. The standard InChI is InChI=1S/C19H24N4O2/c1-13-12-22(17-5-3-4-6-18(17)25-2)9-10-23(13)19(24)16-11-15(20-21-16)14-7-8-14/h3-6,11,13-14H,7-10,12H2,1-2H3,(H,20,21). The molecule has 2 aromatic rings. The molecule has 2 fully saturated rings. The number of anilines is 1. The van der Waals surface area contributed by atoms with Gasteiger partial charge in [-0.3, -0.25) is 9.89 Å². The molecule has 2 heterocycles. The van der Waals surface area contributed by atoms with Crippen LogP contribution in [0.25, 0.3) is 0 Å². The van der Waals surface area contributed by atoms with Gasteiger partial charge in [0.05, 0.1) is 12.8 Å². The van der Waals surface area contributed by atoms with E-state index in [-0.39, 0.29) is 11.9 Å². The van der Waals surface area contributed by atoms with E-state index in [1.165, 1.54) is 12.8 Å². The molecule has 132 valence electrons. The minimum absolute atomic E-state index is 0.0235. The van der Waals surface area contributed by atoms with Crippen LogP contribution in [0.5, 0.6) is 5.75 Å². The Morgan fingerprint density at radius 2 is 2.08 bits per heavy atom. The Morgan fingerprint density at radius 1 is 1.28 bits per heavy atom. The first-order valence-electron chi connectivity index (χ1n) is 8.91. The second-order valence-electron chi connectivity index (χ2n) is 6.95. The van der Waals surface area contributed by atoms with Gasteiger partial charge in [-0.15, -0.1) is 0 Å². The number of ether oxygens (including phenoxy) is 1. The van der Waals surface area contributed by atoms with Crippen LogP contribution >= 0.6 is 0 Å². The van der Waals surface area contributed by atoms with E-state index < -0.39 is 0 Å². The summed E-state index contributed by atoms with van der Waals surface area (Å²) < 4.78 is 5.47. The highest BCUT2D eigenvalue weighted by molar-refractivity contribution is 5.92. The molecule has 1 aromatic heterocycles. The molecule has 2 aliphatic rings. The smallest absolute Gasteiger partial charge is 0.274 e. The topological polar surface area (TPSA) is 61.5 Å². The monoisotopic (exact) mass is 340 g/mol. The first-order chi connectivity index (χ1) is 12.2. The van der Waals surface area contributed by atoms with Gasteiger partial charge in [-0.05, 0) is 38.0 Å². The number of H-pyrrole nitrogens is 1. The fourth-order valence-corrected chi connectivity index (χ4v) is 3.57.